The van der Waals surface area contributed by atoms with E-state index in [9.17, 15) is 14.0 Å². The molecule has 3 rings (SSSR count). The normalized spacial score (nSPS) is 16.5. The molecule has 1 fully saturated rings. The highest BCUT2D eigenvalue weighted by Crippen LogP contribution is 2.21. The minimum atomic E-state index is -0.486. The summed E-state index contributed by atoms with van der Waals surface area (Å²) in [6.45, 7) is 2.97. The van der Waals surface area contributed by atoms with Crippen LogP contribution in [0.25, 0.3) is 6.08 Å². The Morgan fingerprint density at radius 2 is 2.06 bits per heavy atom. The Bertz CT molecular complexity index is 919. The maximum absolute atomic E-state index is 13.4. The molecule has 2 aromatic rings. The van der Waals surface area contributed by atoms with E-state index < -0.39 is 5.82 Å². The maximum atomic E-state index is 13.4. The molecule has 0 saturated carbocycles. The summed E-state index contributed by atoms with van der Waals surface area (Å²) in [4.78, 5) is 26.0. The third-order valence-electron chi connectivity index (χ3n) is 4.83. The number of carbonyl (C=O) groups is 2. The molecule has 5 nitrogen and oxygen atoms in total. The summed E-state index contributed by atoms with van der Waals surface area (Å²) < 4.78 is 24.8. The van der Waals surface area contributed by atoms with Crippen molar-refractivity contribution in [3.63, 3.8) is 0 Å². The minimum absolute atomic E-state index is 0.0834. The van der Waals surface area contributed by atoms with Gasteiger partial charge in [0.15, 0.2) is 5.78 Å². The summed E-state index contributed by atoms with van der Waals surface area (Å²) >= 11 is 1.61. The molecule has 0 bridgehead atoms. The van der Waals surface area contributed by atoms with Crippen LogP contribution in [0.3, 0.4) is 0 Å². The number of morpholine rings is 1. The highest BCUT2D eigenvalue weighted by molar-refractivity contribution is 8.02. The highest BCUT2D eigenvalue weighted by Gasteiger charge is 2.25. The number of ether oxygens (including phenoxy) is 2. The van der Waals surface area contributed by atoms with Crippen molar-refractivity contribution >= 4 is 29.5 Å². The summed E-state index contributed by atoms with van der Waals surface area (Å²) in [6, 6.07) is 13.9. The van der Waals surface area contributed by atoms with Gasteiger partial charge in [-0.3, -0.25) is 9.59 Å². The molecule has 1 atom stereocenters. The minimum Gasteiger partial charge on any atom is -0.490 e. The van der Waals surface area contributed by atoms with E-state index in [1.165, 1.54) is 25.1 Å². The topological polar surface area (TPSA) is 55.8 Å². The fraction of sp³-hybridized carbons (Fsp3) is 0.333. The average molecular weight is 444 g/mol. The van der Waals surface area contributed by atoms with Gasteiger partial charge in [0.25, 0.3) is 0 Å². The molecular formula is C24H26FNO4S. The van der Waals surface area contributed by atoms with E-state index in [4.69, 9.17) is 9.47 Å². The molecule has 1 amide bonds. The van der Waals surface area contributed by atoms with E-state index in [2.05, 4.69) is 0 Å². The first-order valence-electron chi connectivity index (χ1n) is 10.2. The van der Waals surface area contributed by atoms with E-state index in [0.717, 1.165) is 5.56 Å². The van der Waals surface area contributed by atoms with Gasteiger partial charge in [-0.15, -0.1) is 11.8 Å². The van der Waals surface area contributed by atoms with Gasteiger partial charge in [0, 0.05) is 18.7 Å². The van der Waals surface area contributed by atoms with E-state index in [1.54, 1.807) is 16.7 Å². The molecule has 31 heavy (non-hydrogen) atoms. The van der Waals surface area contributed by atoms with Crippen molar-refractivity contribution in [3.05, 3.63) is 70.9 Å². The van der Waals surface area contributed by atoms with Crippen molar-refractivity contribution in [2.45, 2.75) is 19.4 Å². The SMILES string of the molecule is CC(=O)c1cc(F)ccc1OCC1CN(C(=O)CCS/C=C\c2ccccc2)CCO1. The van der Waals surface area contributed by atoms with Crippen LogP contribution in [-0.4, -0.2) is 54.8 Å². The lowest BCUT2D eigenvalue weighted by Crippen LogP contribution is -2.47. The molecule has 0 radical (unpaired) electrons. The molecule has 0 aromatic heterocycles. The Balaban J connectivity index is 1.43. The van der Waals surface area contributed by atoms with Crippen molar-refractivity contribution < 1.29 is 23.5 Å². The number of carbonyl (C=O) groups excluding carboxylic acids is 2. The second-order valence-corrected chi connectivity index (χ2v) is 8.19. The fourth-order valence-corrected chi connectivity index (χ4v) is 3.88. The average Bonchev–Trinajstić information content (AvgIpc) is 2.78. The van der Waals surface area contributed by atoms with Gasteiger partial charge in [0.1, 0.15) is 24.3 Å². The molecule has 0 spiro atoms. The van der Waals surface area contributed by atoms with Gasteiger partial charge in [0.05, 0.1) is 18.7 Å². The van der Waals surface area contributed by atoms with Crippen molar-refractivity contribution in [1.29, 1.82) is 0 Å². The zero-order chi connectivity index (χ0) is 22.1. The summed E-state index contributed by atoms with van der Waals surface area (Å²) in [5.74, 6) is 0.357. The zero-order valence-corrected chi connectivity index (χ0v) is 18.3. The maximum Gasteiger partial charge on any atom is 0.223 e. The third kappa shape index (κ3) is 7.22. The van der Waals surface area contributed by atoms with Crippen molar-refractivity contribution in [2.24, 2.45) is 0 Å². The molecule has 1 aliphatic rings. The predicted octanol–water partition coefficient (Wildman–Crippen LogP) is 4.43. The third-order valence-corrected chi connectivity index (χ3v) is 5.60. The van der Waals surface area contributed by atoms with Gasteiger partial charge in [0.2, 0.25) is 5.91 Å². The number of thioether (sulfide) groups is 1. The molecule has 2 aromatic carbocycles. The molecule has 7 heteroatoms. The Morgan fingerprint density at radius 3 is 2.84 bits per heavy atom. The Hall–Kier alpha value is -2.64. The van der Waals surface area contributed by atoms with Crippen LogP contribution in [0, 0.1) is 5.82 Å². The van der Waals surface area contributed by atoms with Gasteiger partial charge in [-0.05, 0) is 42.2 Å². The predicted molar refractivity (Wildman–Crippen MR) is 121 cm³/mol. The molecule has 0 aliphatic carbocycles. The number of nitrogens with zero attached hydrogens (tertiary/aromatic N) is 1. The number of Topliss-reactive ketones (excluding diaryl/α,β-unsaturated/α-hetero) is 1. The summed E-state index contributed by atoms with van der Waals surface area (Å²) in [5, 5.41) is 2.01. The number of ketones is 1. The smallest absolute Gasteiger partial charge is 0.223 e. The van der Waals surface area contributed by atoms with Crippen LogP contribution in [0.15, 0.2) is 53.9 Å². The lowest BCUT2D eigenvalue weighted by molar-refractivity contribution is -0.139. The lowest BCUT2D eigenvalue weighted by Gasteiger charge is -2.33. The molecule has 164 valence electrons. The first-order valence-corrected chi connectivity index (χ1v) is 11.2. The quantitative estimate of drug-likeness (QED) is 0.424. The number of rotatable bonds is 9. The van der Waals surface area contributed by atoms with E-state index in [1.807, 2.05) is 41.8 Å². The number of hydrogen-bond donors (Lipinski definition) is 0. The fourth-order valence-electron chi connectivity index (χ4n) is 3.20. The summed E-state index contributed by atoms with van der Waals surface area (Å²) in [5.41, 5.74) is 1.33. The molecule has 1 heterocycles. The zero-order valence-electron chi connectivity index (χ0n) is 17.5. The summed E-state index contributed by atoms with van der Waals surface area (Å²) in [7, 11) is 0. The van der Waals surface area contributed by atoms with Crippen LogP contribution >= 0.6 is 11.8 Å². The van der Waals surface area contributed by atoms with Crippen LogP contribution in [0.4, 0.5) is 4.39 Å². The number of hydrogen-bond acceptors (Lipinski definition) is 5. The van der Waals surface area contributed by atoms with Crippen LogP contribution in [-0.2, 0) is 9.53 Å². The van der Waals surface area contributed by atoms with Crippen LogP contribution in [0.1, 0.15) is 29.3 Å². The second-order valence-electron chi connectivity index (χ2n) is 7.17. The molecule has 1 unspecified atom stereocenters. The van der Waals surface area contributed by atoms with Gasteiger partial charge < -0.3 is 14.4 Å². The molecular weight excluding hydrogens is 417 g/mol. The van der Waals surface area contributed by atoms with Gasteiger partial charge >= 0.3 is 0 Å². The number of benzene rings is 2. The van der Waals surface area contributed by atoms with Crippen LogP contribution < -0.4 is 4.74 Å². The molecule has 0 N–H and O–H groups in total. The first kappa shape index (κ1) is 23.0. The highest BCUT2D eigenvalue weighted by atomic mass is 32.2. The van der Waals surface area contributed by atoms with Crippen molar-refractivity contribution in [2.75, 3.05) is 32.1 Å². The lowest BCUT2D eigenvalue weighted by atomic mass is 10.1. The largest absolute Gasteiger partial charge is 0.490 e. The van der Waals surface area contributed by atoms with Crippen LogP contribution in [0.5, 0.6) is 5.75 Å². The Morgan fingerprint density at radius 1 is 1.26 bits per heavy atom. The van der Waals surface area contributed by atoms with Gasteiger partial charge in [-0.25, -0.2) is 4.39 Å². The number of halogens is 1. The molecule has 1 saturated heterocycles. The number of amides is 1. The molecule has 1 aliphatic heterocycles. The van der Waals surface area contributed by atoms with E-state index in [-0.39, 0.29) is 30.0 Å². The first-order chi connectivity index (χ1) is 15.0. The van der Waals surface area contributed by atoms with Crippen molar-refractivity contribution in [3.8, 4) is 5.75 Å². The van der Waals surface area contributed by atoms with E-state index in [0.29, 0.717) is 37.6 Å². The standard InChI is InChI=1S/C24H26FNO4S/c1-18(27)22-15-20(25)7-8-23(22)30-17-21-16-26(11-12-29-21)24(28)10-14-31-13-9-19-5-3-2-4-6-19/h2-9,13,15,21H,10-12,14,16-17H2,1H3/b13-9-. The van der Waals surface area contributed by atoms with E-state index >= 15 is 0 Å². The van der Waals surface area contributed by atoms with Gasteiger partial charge in [-0.1, -0.05) is 30.3 Å². The second kappa shape index (κ2) is 11.7. The monoisotopic (exact) mass is 443 g/mol. The van der Waals surface area contributed by atoms with Crippen LogP contribution in [0.2, 0.25) is 0 Å². The Kier molecular flexibility index (Phi) is 8.67. The summed E-state index contributed by atoms with van der Waals surface area (Å²) in [6.07, 6.45) is 2.18. The van der Waals surface area contributed by atoms with Gasteiger partial charge in [-0.2, -0.15) is 0 Å². The Labute approximate surface area is 186 Å². The van der Waals surface area contributed by atoms with Crippen molar-refractivity contribution in [1.82, 2.24) is 4.90 Å².